The minimum atomic E-state index is -0.878. The first-order chi connectivity index (χ1) is 8.11. The summed E-state index contributed by atoms with van der Waals surface area (Å²) in [5, 5.41) is 9.00. The van der Waals surface area contributed by atoms with Gasteiger partial charge in [0.1, 0.15) is 18.2 Å². The van der Waals surface area contributed by atoms with E-state index in [-0.39, 0.29) is 0 Å². The molecule has 1 aliphatic heterocycles. The number of fused-ring (bicyclic) bond motifs is 1. The fourth-order valence-corrected chi connectivity index (χ4v) is 1.80. The molecule has 1 atom stereocenters. The molecule has 6 nitrogen and oxygen atoms in total. The number of carboxylic acid groups (broad SMARTS) is 1. The van der Waals surface area contributed by atoms with Crippen LogP contribution in [0.3, 0.4) is 0 Å². The normalized spacial score (nSPS) is 16.1. The lowest BCUT2D eigenvalue weighted by molar-refractivity contribution is -0.138. The molecule has 1 aliphatic rings. The van der Waals surface area contributed by atoms with Crippen molar-refractivity contribution < 1.29 is 14.6 Å². The molecule has 2 heterocycles. The number of carbonyl (C=O) groups is 1. The van der Waals surface area contributed by atoms with Crippen molar-refractivity contribution in [2.24, 2.45) is 0 Å². The monoisotopic (exact) mass is 237 g/mol. The number of aromatic nitrogens is 2. The van der Waals surface area contributed by atoms with Gasteiger partial charge in [-0.25, -0.2) is 14.8 Å². The molecular formula is C11H15N3O3. The smallest absolute Gasteiger partial charge is 0.326 e. The number of rotatable bonds is 3. The zero-order valence-electron chi connectivity index (χ0n) is 9.88. The topological polar surface area (TPSA) is 75.5 Å². The minimum Gasteiger partial charge on any atom is -0.480 e. The first kappa shape index (κ1) is 11.8. The van der Waals surface area contributed by atoms with E-state index in [9.17, 15) is 4.79 Å². The van der Waals surface area contributed by atoms with Crippen LogP contribution in [0.25, 0.3) is 0 Å². The second kappa shape index (κ2) is 4.67. The quantitative estimate of drug-likeness (QED) is 0.823. The standard InChI is InChI=1S/C11H15N3O3/c1-7(11(15)16)14(2)10-8-5-17-4-3-9(8)12-6-13-10/h6-7H,3-5H2,1-2H3,(H,15,16). The van der Waals surface area contributed by atoms with Gasteiger partial charge in [-0.15, -0.1) is 0 Å². The van der Waals surface area contributed by atoms with E-state index in [0.717, 1.165) is 17.7 Å². The highest BCUT2D eigenvalue weighted by atomic mass is 16.5. The molecule has 0 saturated heterocycles. The summed E-state index contributed by atoms with van der Waals surface area (Å²) in [6.07, 6.45) is 2.23. The Balaban J connectivity index is 2.35. The molecule has 6 heteroatoms. The predicted molar refractivity (Wildman–Crippen MR) is 60.9 cm³/mol. The summed E-state index contributed by atoms with van der Waals surface area (Å²) in [6, 6.07) is -0.629. The molecule has 0 amide bonds. The van der Waals surface area contributed by atoms with E-state index in [1.807, 2.05) is 0 Å². The zero-order chi connectivity index (χ0) is 12.4. The van der Waals surface area contributed by atoms with E-state index in [1.165, 1.54) is 6.33 Å². The van der Waals surface area contributed by atoms with Gasteiger partial charge < -0.3 is 14.7 Å². The molecule has 1 aromatic heterocycles. The number of nitrogens with zero attached hydrogens (tertiary/aromatic N) is 3. The van der Waals surface area contributed by atoms with Crippen LogP contribution >= 0.6 is 0 Å². The molecule has 0 fully saturated rings. The van der Waals surface area contributed by atoms with Crippen molar-refractivity contribution in [3.8, 4) is 0 Å². The van der Waals surface area contributed by atoms with Crippen molar-refractivity contribution in [3.63, 3.8) is 0 Å². The van der Waals surface area contributed by atoms with Gasteiger partial charge in [0.2, 0.25) is 0 Å². The van der Waals surface area contributed by atoms with Crippen molar-refractivity contribution in [1.29, 1.82) is 0 Å². The van der Waals surface area contributed by atoms with Crippen molar-refractivity contribution in [3.05, 3.63) is 17.6 Å². The van der Waals surface area contributed by atoms with Crippen LogP contribution < -0.4 is 4.90 Å². The summed E-state index contributed by atoms with van der Waals surface area (Å²) in [4.78, 5) is 21.0. The summed E-state index contributed by atoms with van der Waals surface area (Å²) >= 11 is 0. The van der Waals surface area contributed by atoms with Crippen LogP contribution in [-0.4, -0.2) is 40.7 Å². The van der Waals surface area contributed by atoms with Gasteiger partial charge in [-0.2, -0.15) is 0 Å². The third-order valence-corrected chi connectivity index (χ3v) is 3.01. The summed E-state index contributed by atoms with van der Waals surface area (Å²) in [5.41, 5.74) is 1.85. The van der Waals surface area contributed by atoms with Crippen molar-refractivity contribution in [1.82, 2.24) is 9.97 Å². The highest BCUT2D eigenvalue weighted by Gasteiger charge is 2.24. The molecule has 0 aliphatic carbocycles. The molecule has 2 rings (SSSR count). The molecule has 0 saturated carbocycles. The van der Waals surface area contributed by atoms with Crippen LogP contribution in [0, 0.1) is 0 Å². The Morgan fingerprint density at radius 2 is 2.35 bits per heavy atom. The predicted octanol–water partition coefficient (Wildman–Crippen LogP) is 0.459. The number of likely N-dealkylation sites (N-methyl/N-ethyl adjacent to an activating group) is 1. The fraction of sp³-hybridized carbons (Fsp3) is 0.545. The molecule has 0 aromatic carbocycles. The van der Waals surface area contributed by atoms with Crippen LogP contribution in [0.1, 0.15) is 18.2 Å². The molecule has 17 heavy (non-hydrogen) atoms. The lowest BCUT2D eigenvalue weighted by Gasteiger charge is -2.27. The van der Waals surface area contributed by atoms with Gasteiger partial charge in [-0.1, -0.05) is 0 Å². The summed E-state index contributed by atoms with van der Waals surface area (Å²) in [5.74, 6) is -0.235. The maximum atomic E-state index is 11.0. The maximum Gasteiger partial charge on any atom is 0.326 e. The number of anilines is 1. The lowest BCUT2D eigenvalue weighted by Crippen LogP contribution is -2.37. The van der Waals surface area contributed by atoms with E-state index in [2.05, 4.69) is 9.97 Å². The molecule has 92 valence electrons. The van der Waals surface area contributed by atoms with Gasteiger partial charge in [-0.05, 0) is 6.92 Å². The van der Waals surface area contributed by atoms with Crippen molar-refractivity contribution >= 4 is 11.8 Å². The number of hydrogen-bond donors (Lipinski definition) is 1. The lowest BCUT2D eigenvalue weighted by atomic mass is 10.1. The Labute approximate surface area is 99.2 Å². The number of aliphatic carboxylic acids is 1. The Morgan fingerprint density at radius 1 is 1.59 bits per heavy atom. The average Bonchev–Trinajstić information content (AvgIpc) is 2.36. The third-order valence-electron chi connectivity index (χ3n) is 3.01. The van der Waals surface area contributed by atoms with Gasteiger partial charge in [0.25, 0.3) is 0 Å². The Bertz CT molecular complexity index is 436. The average molecular weight is 237 g/mol. The second-order valence-electron chi connectivity index (χ2n) is 4.05. The Kier molecular flexibility index (Phi) is 3.23. The highest BCUT2D eigenvalue weighted by molar-refractivity contribution is 5.77. The molecule has 0 radical (unpaired) electrons. The molecule has 0 spiro atoms. The zero-order valence-corrected chi connectivity index (χ0v) is 9.88. The van der Waals surface area contributed by atoms with Crippen LogP contribution in [0.15, 0.2) is 6.33 Å². The van der Waals surface area contributed by atoms with E-state index >= 15 is 0 Å². The second-order valence-corrected chi connectivity index (χ2v) is 4.05. The van der Waals surface area contributed by atoms with Crippen molar-refractivity contribution in [2.75, 3.05) is 18.6 Å². The third kappa shape index (κ3) is 2.21. The largest absolute Gasteiger partial charge is 0.480 e. The highest BCUT2D eigenvalue weighted by Crippen LogP contribution is 2.24. The van der Waals surface area contributed by atoms with Gasteiger partial charge in [0.15, 0.2) is 0 Å². The number of carboxylic acids is 1. The molecular weight excluding hydrogens is 222 g/mol. The molecule has 0 bridgehead atoms. The summed E-state index contributed by atoms with van der Waals surface area (Å²) in [7, 11) is 1.72. The fourth-order valence-electron chi connectivity index (χ4n) is 1.80. The molecule has 1 unspecified atom stereocenters. The number of ether oxygens (including phenoxy) is 1. The van der Waals surface area contributed by atoms with Crippen LogP contribution in [0.5, 0.6) is 0 Å². The molecule has 1 aromatic rings. The van der Waals surface area contributed by atoms with Crippen LogP contribution in [0.4, 0.5) is 5.82 Å². The van der Waals surface area contributed by atoms with Crippen LogP contribution in [0.2, 0.25) is 0 Å². The van der Waals surface area contributed by atoms with Gasteiger partial charge in [0.05, 0.1) is 18.9 Å². The first-order valence-electron chi connectivity index (χ1n) is 5.47. The Hall–Kier alpha value is -1.69. The summed E-state index contributed by atoms with van der Waals surface area (Å²) in [6.45, 7) is 2.73. The van der Waals surface area contributed by atoms with Crippen LogP contribution in [-0.2, 0) is 22.6 Å². The maximum absolute atomic E-state index is 11.0. The van der Waals surface area contributed by atoms with Crippen molar-refractivity contribution in [2.45, 2.75) is 26.0 Å². The Morgan fingerprint density at radius 3 is 3.06 bits per heavy atom. The van der Waals surface area contributed by atoms with Gasteiger partial charge in [0, 0.05) is 19.0 Å². The van der Waals surface area contributed by atoms with E-state index in [0.29, 0.717) is 19.0 Å². The summed E-state index contributed by atoms with van der Waals surface area (Å²) < 4.78 is 5.37. The first-order valence-corrected chi connectivity index (χ1v) is 5.47. The molecule has 1 N–H and O–H groups in total. The van der Waals surface area contributed by atoms with E-state index in [1.54, 1.807) is 18.9 Å². The van der Waals surface area contributed by atoms with Gasteiger partial charge in [-0.3, -0.25) is 0 Å². The van der Waals surface area contributed by atoms with E-state index < -0.39 is 12.0 Å². The SMILES string of the molecule is CC(C(=O)O)N(C)c1ncnc2c1COCC2. The minimum absolute atomic E-state index is 0.447. The van der Waals surface area contributed by atoms with Gasteiger partial charge >= 0.3 is 5.97 Å². The van der Waals surface area contributed by atoms with E-state index in [4.69, 9.17) is 9.84 Å². The number of hydrogen-bond acceptors (Lipinski definition) is 5.